The minimum Gasteiger partial charge on any atom is -0.388 e. The summed E-state index contributed by atoms with van der Waals surface area (Å²) in [5, 5.41) is 10.1. The topological polar surface area (TPSA) is 20.2 Å². The first-order chi connectivity index (χ1) is 8.08. The van der Waals surface area contributed by atoms with Gasteiger partial charge in [-0.1, -0.05) is 12.1 Å². The second-order valence-electron chi connectivity index (χ2n) is 3.57. The molecule has 1 atom stereocenters. The Kier molecular flexibility index (Phi) is 4.36. The summed E-state index contributed by atoms with van der Waals surface area (Å²) in [7, 11) is 0. The molecule has 1 N–H and O–H groups in total. The minimum atomic E-state index is -0.703. The molecule has 2 aromatic rings. The number of benzene rings is 1. The molecule has 0 fully saturated rings. The van der Waals surface area contributed by atoms with Gasteiger partial charge in [-0.05, 0) is 55.6 Å². The molecule has 17 heavy (non-hydrogen) atoms. The third kappa shape index (κ3) is 3.16. The lowest BCUT2D eigenvalue weighted by Crippen LogP contribution is -2.02. The third-order valence-corrected chi connectivity index (χ3v) is 4.85. The van der Waals surface area contributed by atoms with Gasteiger partial charge in [0.05, 0.1) is 14.4 Å². The maximum Gasteiger partial charge on any atom is 0.137 e. The van der Waals surface area contributed by atoms with E-state index < -0.39 is 6.10 Å². The molecule has 0 aliphatic rings. The molecule has 1 nitrogen and oxygen atoms in total. The van der Waals surface area contributed by atoms with E-state index in [0.717, 1.165) is 8.66 Å². The Hall–Kier alpha value is -0.230. The molecule has 5 heteroatoms. The van der Waals surface area contributed by atoms with Crippen molar-refractivity contribution in [3.8, 4) is 0 Å². The molecule has 0 saturated heterocycles. The summed E-state index contributed by atoms with van der Waals surface area (Å²) in [6, 6.07) is 8.57. The van der Waals surface area contributed by atoms with Gasteiger partial charge in [0.25, 0.3) is 0 Å². The molecule has 90 valence electrons. The second-order valence-corrected chi connectivity index (χ2v) is 6.91. The van der Waals surface area contributed by atoms with E-state index in [1.807, 2.05) is 12.1 Å². The van der Waals surface area contributed by atoms with Gasteiger partial charge in [0.15, 0.2) is 0 Å². The van der Waals surface area contributed by atoms with Crippen LogP contribution in [-0.2, 0) is 6.42 Å². The molecule has 0 radical (unpaired) electrons. The quantitative estimate of drug-likeness (QED) is 0.820. The Morgan fingerprint density at radius 1 is 1.24 bits per heavy atom. The highest BCUT2D eigenvalue weighted by atomic mass is 79.9. The fourth-order valence-corrected chi connectivity index (χ4v) is 3.59. The summed E-state index contributed by atoms with van der Waals surface area (Å²) < 4.78 is 14.7. The zero-order valence-corrected chi connectivity index (χ0v) is 12.6. The highest BCUT2D eigenvalue weighted by Crippen LogP contribution is 2.31. The standard InChI is InChI=1S/C12H9Br2FOS/c13-11-5-4-7(17-11)6-10(16)8-2-1-3-9(15)12(8)14/h1-5,10,16H,6H2. The first-order valence-corrected chi connectivity index (χ1v) is 7.34. The maximum atomic E-state index is 13.3. The van der Waals surface area contributed by atoms with Gasteiger partial charge in [-0.15, -0.1) is 11.3 Å². The van der Waals surface area contributed by atoms with Crippen LogP contribution in [0.2, 0.25) is 0 Å². The first kappa shape index (κ1) is 13.2. The smallest absolute Gasteiger partial charge is 0.137 e. The fraction of sp³-hybridized carbons (Fsp3) is 0.167. The molecule has 0 bridgehead atoms. The number of rotatable bonds is 3. The molecule has 1 unspecified atom stereocenters. The molecular weight excluding hydrogens is 371 g/mol. The van der Waals surface area contributed by atoms with Crippen molar-refractivity contribution in [1.29, 1.82) is 0 Å². The van der Waals surface area contributed by atoms with Crippen LogP contribution in [0.1, 0.15) is 16.5 Å². The number of hydrogen-bond donors (Lipinski definition) is 1. The number of aliphatic hydroxyl groups excluding tert-OH is 1. The Morgan fingerprint density at radius 2 is 2.00 bits per heavy atom. The van der Waals surface area contributed by atoms with Gasteiger partial charge >= 0.3 is 0 Å². The van der Waals surface area contributed by atoms with Gasteiger partial charge < -0.3 is 5.11 Å². The van der Waals surface area contributed by atoms with Gasteiger partial charge in [0.1, 0.15) is 5.82 Å². The lowest BCUT2D eigenvalue weighted by atomic mass is 10.1. The molecule has 0 aliphatic heterocycles. The summed E-state index contributed by atoms with van der Waals surface area (Å²) in [6.45, 7) is 0. The van der Waals surface area contributed by atoms with Crippen LogP contribution in [0.3, 0.4) is 0 Å². The summed E-state index contributed by atoms with van der Waals surface area (Å²) >= 11 is 8.10. The second kappa shape index (κ2) is 5.61. The van der Waals surface area contributed by atoms with Crippen LogP contribution in [0, 0.1) is 5.82 Å². The zero-order chi connectivity index (χ0) is 12.4. The minimum absolute atomic E-state index is 0.336. The van der Waals surface area contributed by atoms with E-state index in [4.69, 9.17) is 0 Å². The van der Waals surface area contributed by atoms with Crippen LogP contribution in [0.25, 0.3) is 0 Å². The predicted octanol–water partition coefficient (Wildman–Crippen LogP) is 4.69. The van der Waals surface area contributed by atoms with Crippen molar-refractivity contribution in [2.24, 2.45) is 0 Å². The van der Waals surface area contributed by atoms with Crippen LogP contribution in [0.4, 0.5) is 4.39 Å². The monoisotopic (exact) mass is 378 g/mol. The van der Waals surface area contributed by atoms with Gasteiger partial charge in [-0.3, -0.25) is 0 Å². The SMILES string of the molecule is OC(Cc1ccc(Br)s1)c1cccc(F)c1Br. The van der Waals surface area contributed by atoms with Crippen LogP contribution in [0.5, 0.6) is 0 Å². The summed E-state index contributed by atoms with van der Waals surface area (Å²) in [4.78, 5) is 1.06. The van der Waals surface area contributed by atoms with E-state index in [1.54, 1.807) is 23.5 Å². The number of thiophene rings is 1. The molecule has 1 aromatic heterocycles. The largest absolute Gasteiger partial charge is 0.388 e. The van der Waals surface area contributed by atoms with Crippen LogP contribution >= 0.6 is 43.2 Å². The van der Waals surface area contributed by atoms with E-state index in [2.05, 4.69) is 31.9 Å². The Bertz CT molecular complexity index is 527. The average Bonchev–Trinajstić information content (AvgIpc) is 2.68. The lowest BCUT2D eigenvalue weighted by Gasteiger charge is -2.12. The highest BCUT2D eigenvalue weighted by Gasteiger charge is 2.15. The summed E-state index contributed by atoms with van der Waals surface area (Å²) in [5.74, 6) is -0.353. The van der Waals surface area contributed by atoms with E-state index in [-0.39, 0.29) is 5.82 Å². The van der Waals surface area contributed by atoms with Crippen molar-refractivity contribution in [3.05, 3.63) is 54.8 Å². The van der Waals surface area contributed by atoms with Gasteiger partial charge in [0.2, 0.25) is 0 Å². The molecule has 1 heterocycles. The van der Waals surface area contributed by atoms with E-state index >= 15 is 0 Å². The van der Waals surface area contributed by atoms with Crippen LogP contribution in [0.15, 0.2) is 38.6 Å². The molecule has 0 amide bonds. The molecule has 1 aromatic carbocycles. The Morgan fingerprint density at radius 3 is 2.65 bits per heavy atom. The van der Waals surface area contributed by atoms with Crippen LogP contribution in [-0.4, -0.2) is 5.11 Å². The molecule has 0 saturated carbocycles. The summed E-state index contributed by atoms with van der Waals surface area (Å²) in [5.41, 5.74) is 0.578. The molecular formula is C12H9Br2FOS. The normalized spacial score (nSPS) is 12.7. The third-order valence-electron chi connectivity index (χ3n) is 2.36. The zero-order valence-electron chi connectivity index (χ0n) is 8.66. The van der Waals surface area contributed by atoms with Crippen molar-refractivity contribution < 1.29 is 9.50 Å². The fourth-order valence-electron chi connectivity index (χ4n) is 1.54. The van der Waals surface area contributed by atoms with Gasteiger partial charge in [-0.25, -0.2) is 4.39 Å². The van der Waals surface area contributed by atoms with Crippen molar-refractivity contribution in [2.75, 3.05) is 0 Å². The number of aliphatic hydroxyl groups is 1. The Balaban J connectivity index is 2.20. The van der Waals surface area contributed by atoms with E-state index in [9.17, 15) is 9.50 Å². The maximum absolute atomic E-state index is 13.3. The van der Waals surface area contributed by atoms with Crippen molar-refractivity contribution in [2.45, 2.75) is 12.5 Å². The van der Waals surface area contributed by atoms with Crippen molar-refractivity contribution >= 4 is 43.2 Å². The van der Waals surface area contributed by atoms with Gasteiger partial charge in [0, 0.05) is 11.3 Å². The number of hydrogen-bond acceptors (Lipinski definition) is 2. The van der Waals surface area contributed by atoms with Gasteiger partial charge in [-0.2, -0.15) is 0 Å². The summed E-state index contributed by atoms with van der Waals surface area (Å²) in [6.07, 6.45) is -0.219. The number of halogens is 3. The van der Waals surface area contributed by atoms with Crippen molar-refractivity contribution in [3.63, 3.8) is 0 Å². The average molecular weight is 380 g/mol. The lowest BCUT2D eigenvalue weighted by molar-refractivity contribution is 0.178. The van der Waals surface area contributed by atoms with Crippen molar-refractivity contribution in [1.82, 2.24) is 0 Å². The highest BCUT2D eigenvalue weighted by molar-refractivity contribution is 9.11. The Labute approximate surface area is 120 Å². The first-order valence-electron chi connectivity index (χ1n) is 4.94. The molecule has 2 rings (SSSR count). The molecule has 0 spiro atoms. The van der Waals surface area contributed by atoms with Crippen LogP contribution < -0.4 is 0 Å². The predicted molar refractivity (Wildman–Crippen MR) is 74.8 cm³/mol. The molecule has 0 aliphatic carbocycles. The van der Waals surface area contributed by atoms with E-state index in [0.29, 0.717) is 16.5 Å². The van der Waals surface area contributed by atoms with E-state index in [1.165, 1.54) is 6.07 Å².